The monoisotopic (exact) mass is 402 g/mol. The summed E-state index contributed by atoms with van der Waals surface area (Å²) in [6, 6.07) is 5.48. The van der Waals surface area contributed by atoms with Gasteiger partial charge >= 0.3 is 0 Å². The molecule has 3 nitrogen and oxygen atoms in total. The zero-order valence-electron chi connectivity index (χ0n) is 18.8. The van der Waals surface area contributed by atoms with Gasteiger partial charge < -0.3 is 9.84 Å². The molecule has 0 spiro atoms. The highest BCUT2D eigenvalue weighted by Gasteiger charge is 2.04. The molecule has 0 unspecified atom stereocenters. The first-order chi connectivity index (χ1) is 14.2. The molecule has 0 bridgehead atoms. The van der Waals surface area contributed by atoms with E-state index in [0.717, 1.165) is 31.2 Å². The van der Waals surface area contributed by atoms with E-state index in [-0.39, 0.29) is 11.5 Å². The van der Waals surface area contributed by atoms with E-state index in [1.54, 1.807) is 12.1 Å². The van der Waals surface area contributed by atoms with Crippen LogP contribution >= 0.6 is 0 Å². The fourth-order valence-electron chi connectivity index (χ4n) is 3.38. The number of aromatic hydroxyl groups is 1. The third-order valence-corrected chi connectivity index (χ3v) is 5.17. The molecule has 0 saturated heterocycles. The lowest BCUT2D eigenvalue weighted by atomic mass is 10.0. The van der Waals surface area contributed by atoms with Crippen molar-refractivity contribution in [3.05, 3.63) is 35.9 Å². The average Bonchev–Trinajstić information content (AvgIpc) is 2.72. The summed E-state index contributed by atoms with van der Waals surface area (Å²) in [5, 5.41) is 9.82. The SMILES string of the molecule is CCCCCCCCCCCCC(=O)C=CCCc1ccc(O)c(OCCC)c1. The number of aryl methyl sites for hydroxylation is 1. The molecule has 0 aliphatic heterocycles. The van der Waals surface area contributed by atoms with Crippen LogP contribution < -0.4 is 4.74 Å². The third-order valence-electron chi connectivity index (χ3n) is 5.17. The lowest BCUT2D eigenvalue weighted by Crippen LogP contribution is -1.96. The highest BCUT2D eigenvalue weighted by Crippen LogP contribution is 2.27. The maximum Gasteiger partial charge on any atom is 0.161 e. The second kappa shape index (κ2) is 17.1. The maximum atomic E-state index is 12.0. The Bertz CT molecular complexity index is 577. The Morgan fingerprint density at radius 3 is 2.24 bits per heavy atom. The Labute approximate surface area is 178 Å². The number of unbranched alkanes of at least 4 members (excludes halogenated alkanes) is 9. The van der Waals surface area contributed by atoms with Gasteiger partial charge in [0, 0.05) is 6.42 Å². The number of rotatable bonds is 18. The molecule has 0 atom stereocenters. The molecule has 0 amide bonds. The molecule has 1 N–H and O–H groups in total. The third kappa shape index (κ3) is 13.1. The van der Waals surface area contributed by atoms with Crippen LogP contribution in [-0.2, 0) is 11.2 Å². The van der Waals surface area contributed by atoms with Crippen molar-refractivity contribution in [2.75, 3.05) is 6.61 Å². The topological polar surface area (TPSA) is 46.5 Å². The van der Waals surface area contributed by atoms with Gasteiger partial charge in [-0.15, -0.1) is 0 Å². The predicted octanol–water partition coefficient (Wildman–Crippen LogP) is 7.55. The Hall–Kier alpha value is -1.77. The van der Waals surface area contributed by atoms with Crippen LogP contribution in [0.2, 0.25) is 0 Å². The number of phenolic OH excluding ortho intramolecular Hbond substituents is 1. The van der Waals surface area contributed by atoms with Crippen LogP contribution in [0.15, 0.2) is 30.4 Å². The molecule has 29 heavy (non-hydrogen) atoms. The fourth-order valence-corrected chi connectivity index (χ4v) is 3.38. The number of carbonyl (C=O) groups is 1. The van der Waals surface area contributed by atoms with E-state index < -0.39 is 0 Å². The van der Waals surface area contributed by atoms with Crippen LogP contribution in [0.5, 0.6) is 11.5 Å². The quantitative estimate of drug-likeness (QED) is 0.204. The van der Waals surface area contributed by atoms with Crippen molar-refractivity contribution in [1.29, 1.82) is 0 Å². The zero-order valence-corrected chi connectivity index (χ0v) is 18.8. The lowest BCUT2D eigenvalue weighted by molar-refractivity contribution is -0.114. The Kier molecular flexibility index (Phi) is 14.9. The van der Waals surface area contributed by atoms with Gasteiger partial charge in [-0.3, -0.25) is 4.79 Å². The summed E-state index contributed by atoms with van der Waals surface area (Å²) in [7, 11) is 0. The number of phenols is 1. The summed E-state index contributed by atoms with van der Waals surface area (Å²) in [4.78, 5) is 12.0. The van der Waals surface area contributed by atoms with Crippen molar-refractivity contribution in [2.24, 2.45) is 0 Å². The van der Waals surface area contributed by atoms with Gasteiger partial charge in [-0.25, -0.2) is 0 Å². The Morgan fingerprint density at radius 1 is 0.931 bits per heavy atom. The summed E-state index contributed by atoms with van der Waals surface area (Å²) in [6.45, 7) is 4.90. The van der Waals surface area contributed by atoms with Crippen molar-refractivity contribution in [2.45, 2.75) is 104 Å². The van der Waals surface area contributed by atoms with Crippen LogP contribution in [-0.4, -0.2) is 17.5 Å². The van der Waals surface area contributed by atoms with E-state index >= 15 is 0 Å². The number of carbonyl (C=O) groups excluding carboxylic acids is 1. The van der Waals surface area contributed by atoms with E-state index in [1.165, 1.54) is 57.8 Å². The van der Waals surface area contributed by atoms with Crippen molar-refractivity contribution >= 4 is 5.78 Å². The molecular weight excluding hydrogens is 360 g/mol. The van der Waals surface area contributed by atoms with Gasteiger partial charge in [-0.2, -0.15) is 0 Å². The highest BCUT2D eigenvalue weighted by atomic mass is 16.5. The van der Waals surface area contributed by atoms with Crippen LogP contribution in [0, 0.1) is 0 Å². The van der Waals surface area contributed by atoms with Gasteiger partial charge in [0.25, 0.3) is 0 Å². The molecule has 1 rings (SSSR count). The standard InChI is InChI=1S/C26H42O3/c1-3-5-6-7-8-9-10-11-12-13-17-24(27)18-15-14-16-23-19-20-25(28)26(22-23)29-21-4-2/h15,18-20,22,28H,3-14,16-17,21H2,1-2H3. The van der Waals surface area contributed by atoms with Gasteiger partial charge in [-0.1, -0.05) is 83.8 Å². The molecule has 0 heterocycles. The van der Waals surface area contributed by atoms with Crippen LogP contribution in [0.25, 0.3) is 0 Å². The zero-order chi connectivity index (χ0) is 21.2. The minimum absolute atomic E-state index is 0.185. The van der Waals surface area contributed by atoms with Crippen LogP contribution in [0.1, 0.15) is 103 Å². The molecule has 0 aliphatic rings. The smallest absolute Gasteiger partial charge is 0.161 e. The first-order valence-corrected chi connectivity index (χ1v) is 11.8. The van der Waals surface area contributed by atoms with E-state index in [9.17, 15) is 9.90 Å². The van der Waals surface area contributed by atoms with Gasteiger partial charge in [0.15, 0.2) is 17.3 Å². The normalized spacial score (nSPS) is 11.2. The summed E-state index contributed by atoms with van der Waals surface area (Å²) in [6.07, 6.45) is 19.9. The van der Waals surface area contributed by atoms with Gasteiger partial charge in [0.1, 0.15) is 0 Å². The van der Waals surface area contributed by atoms with Crippen molar-refractivity contribution < 1.29 is 14.6 Å². The molecule has 0 aromatic heterocycles. The molecule has 0 fully saturated rings. The molecule has 0 radical (unpaired) electrons. The predicted molar refractivity (Wildman–Crippen MR) is 123 cm³/mol. The van der Waals surface area contributed by atoms with Crippen molar-refractivity contribution in [1.82, 2.24) is 0 Å². The lowest BCUT2D eigenvalue weighted by Gasteiger charge is -2.08. The first kappa shape index (κ1) is 25.3. The molecule has 0 aliphatic carbocycles. The summed E-state index contributed by atoms with van der Waals surface area (Å²) in [5.41, 5.74) is 1.11. The van der Waals surface area contributed by atoms with E-state index in [4.69, 9.17) is 4.74 Å². The minimum atomic E-state index is 0.185. The summed E-state index contributed by atoms with van der Waals surface area (Å²) < 4.78 is 5.55. The van der Waals surface area contributed by atoms with E-state index in [0.29, 0.717) is 18.8 Å². The van der Waals surface area contributed by atoms with E-state index in [1.807, 2.05) is 25.1 Å². The highest BCUT2D eigenvalue weighted by molar-refractivity contribution is 5.89. The largest absolute Gasteiger partial charge is 0.504 e. The van der Waals surface area contributed by atoms with Crippen molar-refractivity contribution in [3.8, 4) is 11.5 Å². The second-order valence-electron chi connectivity index (χ2n) is 7.99. The average molecular weight is 403 g/mol. The van der Waals surface area contributed by atoms with E-state index in [2.05, 4.69) is 6.92 Å². The number of ether oxygens (including phenoxy) is 1. The Balaban J connectivity index is 2.09. The van der Waals surface area contributed by atoms with Crippen molar-refractivity contribution in [3.63, 3.8) is 0 Å². The Morgan fingerprint density at radius 2 is 1.59 bits per heavy atom. The molecular formula is C26H42O3. The number of hydrogen-bond donors (Lipinski definition) is 1. The fraction of sp³-hybridized carbons (Fsp3) is 0.654. The maximum absolute atomic E-state index is 12.0. The van der Waals surface area contributed by atoms with Gasteiger partial charge in [0.2, 0.25) is 0 Å². The molecule has 1 aromatic carbocycles. The molecule has 3 heteroatoms. The number of ketones is 1. The molecule has 164 valence electrons. The van der Waals surface area contributed by atoms with Gasteiger partial charge in [-0.05, 0) is 49.5 Å². The minimum Gasteiger partial charge on any atom is -0.504 e. The van der Waals surface area contributed by atoms with Crippen LogP contribution in [0.4, 0.5) is 0 Å². The van der Waals surface area contributed by atoms with Crippen LogP contribution in [0.3, 0.4) is 0 Å². The number of allylic oxidation sites excluding steroid dienone is 2. The second-order valence-corrected chi connectivity index (χ2v) is 7.99. The van der Waals surface area contributed by atoms with Gasteiger partial charge in [0.05, 0.1) is 6.61 Å². The molecule has 0 saturated carbocycles. The number of benzene rings is 1. The summed E-state index contributed by atoms with van der Waals surface area (Å²) >= 11 is 0. The molecule has 1 aromatic rings. The first-order valence-electron chi connectivity index (χ1n) is 11.8. The summed E-state index contributed by atoms with van der Waals surface area (Å²) in [5.74, 6) is 0.969. The number of hydrogen-bond acceptors (Lipinski definition) is 3.